The van der Waals surface area contributed by atoms with E-state index in [-0.39, 0.29) is 12.5 Å². The molecule has 3 aromatic rings. The van der Waals surface area contributed by atoms with Crippen LogP contribution in [0.5, 0.6) is 0 Å². The molecule has 0 fully saturated rings. The lowest BCUT2D eigenvalue weighted by atomic mass is 9.98. The van der Waals surface area contributed by atoms with Crippen LogP contribution in [0.1, 0.15) is 31.9 Å². The Balaban J connectivity index is 1.79. The zero-order chi connectivity index (χ0) is 22.0. The molecule has 1 atom stereocenters. The number of aromatic nitrogens is 5. The molecule has 9 heteroatoms. The van der Waals surface area contributed by atoms with Crippen molar-refractivity contribution in [2.75, 3.05) is 25.0 Å². The summed E-state index contributed by atoms with van der Waals surface area (Å²) in [5.74, 6) is 0.451. The topological polar surface area (TPSA) is 117 Å². The molecule has 31 heavy (non-hydrogen) atoms. The van der Waals surface area contributed by atoms with Crippen LogP contribution in [0.4, 0.5) is 5.95 Å². The molecule has 0 saturated heterocycles. The largest absolute Gasteiger partial charge is 0.394 e. The van der Waals surface area contributed by atoms with Crippen molar-refractivity contribution in [3.8, 4) is 17.3 Å². The van der Waals surface area contributed by atoms with Gasteiger partial charge < -0.3 is 15.0 Å². The smallest absolute Gasteiger partial charge is 0.223 e. The first-order valence-electron chi connectivity index (χ1n) is 10.3. The van der Waals surface area contributed by atoms with Crippen LogP contribution in [0.3, 0.4) is 0 Å². The molecule has 0 amide bonds. The van der Waals surface area contributed by atoms with E-state index in [0.717, 1.165) is 27.7 Å². The fraction of sp³-hybridized carbons (Fsp3) is 0.409. The molecule has 0 radical (unpaired) electrons. The van der Waals surface area contributed by atoms with Gasteiger partial charge >= 0.3 is 0 Å². The highest BCUT2D eigenvalue weighted by Gasteiger charge is 2.27. The van der Waals surface area contributed by atoms with E-state index in [1.165, 1.54) is 0 Å². The Morgan fingerprint density at radius 3 is 2.97 bits per heavy atom. The van der Waals surface area contributed by atoms with Gasteiger partial charge in [0.1, 0.15) is 0 Å². The maximum absolute atomic E-state index is 9.88. The number of nitriles is 1. The molecule has 160 valence electrons. The van der Waals surface area contributed by atoms with Crippen LogP contribution in [0.2, 0.25) is 0 Å². The Labute approximate surface area is 180 Å². The number of aliphatic hydroxyl groups is 1. The minimum atomic E-state index is -0.560. The molecular formula is C22H26N8O. The Morgan fingerprint density at radius 2 is 2.19 bits per heavy atom. The maximum Gasteiger partial charge on any atom is 0.223 e. The molecule has 0 bridgehead atoms. The number of aryl methyl sites for hydroxylation is 1. The summed E-state index contributed by atoms with van der Waals surface area (Å²) in [5, 5.41) is 28.6. The highest BCUT2D eigenvalue weighted by atomic mass is 16.3. The van der Waals surface area contributed by atoms with Gasteiger partial charge in [0.25, 0.3) is 0 Å². The normalized spacial score (nSPS) is 15.5. The SMILES string of the molecule is Cn1ccc2c1=CC(c1nn(C(C)(C)CO)cc1-c1ccnc(NCCC#N)n1)CN=2. The molecule has 3 aromatic heterocycles. The third kappa shape index (κ3) is 4.07. The van der Waals surface area contributed by atoms with Crippen molar-refractivity contribution in [3.63, 3.8) is 0 Å². The van der Waals surface area contributed by atoms with Crippen molar-refractivity contribution in [1.29, 1.82) is 5.26 Å². The lowest BCUT2D eigenvalue weighted by Gasteiger charge is -2.22. The second-order valence-corrected chi connectivity index (χ2v) is 8.25. The zero-order valence-corrected chi connectivity index (χ0v) is 17.9. The monoisotopic (exact) mass is 418 g/mol. The number of hydrogen-bond donors (Lipinski definition) is 2. The first-order valence-corrected chi connectivity index (χ1v) is 10.3. The van der Waals surface area contributed by atoms with Crippen molar-refractivity contribution >= 4 is 12.0 Å². The number of nitrogens with zero attached hydrogens (tertiary/aromatic N) is 7. The minimum Gasteiger partial charge on any atom is -0.394 e. The summed E-state index contributed by atoms with van der Waals surface area (Å²) in [7, 11) is 2.01. The molecule has 2 N–H and O–H groups in total. The first-order chi connectivity index (χ1) is 14.9. The van der Waals surface area contributed by atoms with Crippen LogP contribution in [-0.2, 0) is 12.6 Å². The highest BCUT2D eigenvalue weighted by molar-refractivity contribution is 5.65. The number of rotatable bonds is 7. The Kier molecular flexibility index (Phi) is 5.57. The molecule has 1 aliphatic heterocycles. The van der Waals surface area contributed by atoms with Crippen molar-refractivity contribution in [1.82, 2.24) is 24.3 Å². The van der Waals surface area contributed by atoms with Crippen molar-refractivity contribution < 1.29 is 5.11 Å². The van der Waals surface area contributed by atoms with E-state index in [1.807, 2.05) is 45.4 Å². The van der Waals surface area contributed by atoms with E-state index >= 15 is 0 Å². The second kappa shape index (κ2) is 8.32. The van der Waals surface area contributed by atoms with E-state index in [1.54, 1.807) is 10.9 Å². The average Bonchev–Trinajstić information content (AvgIpc) is 3.39. The Morgan fingerprint density at radius 1 is 1.35 bits per heavy atom. The number of fused-ring (bicyclic) bond motifs is 1. The molecule has 1 unspecified atom stereocenters. The molecule has 0 saturated carbocycles. The lowest BCUT2D eigenvalue weighted by Crippen LogP contribution is -2.33. The molecule has 4 rings (SSSR count). The Bertz CT molecular complexity index is 1250. The van der Waals surface area contributed by atoms with Gasteiger partial charge in [0.05, 0.1) is 53.3 Å². The van der Waals surface area contributed by atoms with Crippen LogP contribution in [0.15, 0.2) is 35.7 Å². The fourth-order valence-electron chi connectivity index (χ4n) is 3.54. The zero-order valence-electron chi connectivity index (χ0n) is 17.9. The summed E-state index contributed by atoms with van der Waals surface area (Å²) in [6.45, 7) is 4.91. The summed E-state index contributed by atoms with van der Waals surface area (Å²) in [6.07, 6.45) is 8.20. The molecule has 0 aromatic carbocycles. The number of nitrogens with one attached hydrogen (secondary N) is 1. The Hall–Kier alpha value is -3.51. The van der Waals surface area contributed by atoms with Crippen LogP contribution >= 0.6 is 0 Å². The van der Waals surface area contributed by atoms with E-state index in [2.05, 4.69) is 32.0 Å². The van der Waals surface area contributed by atoms with Gasteiger partial charge in [-0.3, -0.25) is 9.67 Å². The first kappa shape index (κ1) is 20.8. The number of anilines is 1. The quantitative estimate of drug-likeness (QED) is 0.551. The summed E-state index contributed by atoms with van der Waals surface area (Å²) in [6, 6.07) is 5.96. The second-order valence-electron chi connectivity index (χ2n) is 8.25. The van der Waals surface area contributed by atoms with Gasteiger partial charge in [-0.05, 0) is 32.1 Å². The van der Waals surface area contributed by atoms with E-state index in [4.69, 9.17) is 15.4 Å². The molecule has 4 heterocycles. The predicted octanol–water partition coefficient (Wildman–Crippen LogP) is 0.929. The molecule has 9 nitrogen and oxygen atoms in total. The number of hydrogen-bond acceptors (Lipinski definition) is 7. The van der Waals surface area contributed by atoms with Crippen LogP contribution in [-0.4, -0.2) is 49.1 Å². The van der Waals surface area contributed by atoms with Crippen molar-refractivity contribution in [2.45, 2.75) is 31.7 Å². The fourth-order valence-corrected chi connectivity index (χ4v) is 3.54. The van der Waals surface area contributed by atoms with E-state index in [0.29, 0.717) is 25.5 Å². The highest BCUT2D eigenvalue weighted by Crippen LogP contribution is 2.31. The average molecular weight is 419 g/mol. The summed E-state index contributed by atoms with van der Waals surface area (Å²) in [5.41, 5.74) is 1.91. The maximum atomic E-state index is 9.88. The van der Waals surface area contributed by atoms with Crippen LogP contribution in [0.25, 0.3) is 17.3 Å². The van der Waals surface area contributed by atoms with Gasteiger partial charge in [-0.25, -0.2) is 9.97 Å². The van der Waals surface area contributed by atoms with Gasteiger partial charge in [-0.2, -0.15) is 10.4 Å². The molecule has 0 spiro atoms. The van der Waals surface area contributed by atoms with Crippen molar-refractivity contribution in [3.05, 3.63) is 47.1 Å². The molecular weight excluding hydrogens is 392 g/mol. The van der Waals surface area contributed by atoms with Crippen LogP contribution < -0.4 is 16.0 Å². The lowest BCUT2D eigenvalue weighted by molar-refractivity contribution is 0.151. The minimum absolute atomic E-state index is 0.0168. The van der Waals surface area contributed by atoms with E-state index < -0.39 is 5.54 Å². The standard InChI is InChI=1S/C22H26N8O/c1-22(2,14-31)30-13-16(17-5-9-25-21(27-17)24-8-4-7-23)20(28-30)15-11-19-18(26-12-15)6-10-29(19)3/h5-6,9-11,13,15,31H,4,8,12,14H2,1-3H3,(H,24,25,27). The summed E-state index contributed by atoms with van der Waals surface area (Å²) in [4.78, 5) is 13.6. The summed E-state index contributed by atoms with van der Waals surface area (Å²) < 4.78 is 3.86. The van der Waals surface area contributed by atoms with Crippen molar-refractivity contribution in [2.24, 2.45) is 12.0 Å². The number of aliphatic hydroxyl groups excluding tert-OH is 1. The van der Waals surface area contributed by atoms with E-state index in [9.17, 15) is 5.11 Å². The van der Waals surface area contributed by atoms with Gasteiger partial charge in [-0.1, -0.05) is 0 Å². The summed E-state index contributed by atoms with van der Waals surface area (Å²) >= 11 is 0. The molecule has 1 aliphatic rings. The predicted molar refractivity (Wildman–Crippen MR) is 117 cm³/mol. The van der Waals surface area contributed by atoms with Crippen LogP contribution in [0, 0.1) is 11.3 Å². The van der Waals surface area contributed by atoms with Gasteiger partial charge in [0.2, 0.25) is 5.95 Å². The van der Waals surface area contributed by atoms with Gasteiger partial charge in [0, 0.05) is 43.7 Å². The van der Waals surface area contributed by atoms with Gasteiger partial charge in [-0.15, -0.1) is 0 Å². The third-order valence-electron chi connectivity index (χ3n) is 5.47. The van der Waals surface area contributed by atoms with Gasteiger partial charge in [0.15, 0.2) is 0 Å². The third-order valence-corrected chi connectivity index (χ3v) is 5.47. The molecule has 0 aliphatic carbocycles.